The molecule has 0 saturated heterocycles. The summed E-state index contributed by atoms with van der Waals surface area (Å²) < 4.78 is 4.45. The molecule has 0 aliphatic rings. The van der Waals surface area contributed by atoms with E-state index in [-0.39, 0.29) is 42.7 Å². The third-order valence-corrected chi connectivity index (χ3v) is 16.8. The fraction of sp³-hybridized carbons (Fsp3) is 0.243. The van der Waals surface area contributed by atoms with Gasteiger partial charge >= 0.3 is 0 Å². The van der Waals surface area contributed by atoms with Crippen LogP contribution in [0.25, 0.3) is 67.1 Å². The summed E-state index contributed by atoms with van der Waals surface area (Å²) in [5.74, 6) is 1.70. The lowest BCUT2D eigenvalue weighted by Crippen LogP contribution is -2.40. The fourth-order valence-corrected chi connectivity index (χ4v) is 12.3. The number of carbonyl (C=O) groups excluding carboxylic acids is 4. The number of amides is 2. The van der Waals surface area contributed by atoms with E-state index in [4.69, 9.17) is 15.2 Å². The summed E-state index contributed by atoms with van der Waals surface area (Å²) >= 11 is 0. The summed E-state index contributed by atoms with van der Waals surface area (Å²) in [6.07, 6.45) is 4.83. The molecule has 2 atom stereocenters. The van der Waals surface area contributed by atoms with Crippen LogP contribution in [0, 0.1) is 19.8 Å². The van der Waals surface area contributed by atoms with E-state index in [1.54, 1.807) is 5.48 Å². The summed E-state index contributed by atoms with van der Waals surface area (Å²) in [5.41, 5.74) is 18.4. The van der Waals surface area contributed by atoms with E-state index in [2.05, 4.69) is 124 Å². The predicted octanol–water partition coefficient (Wildman–Crippen LogP) is 12.0. The van der Waals surface area contributed by atoms with Gasteiger partial charge in [-0.1, -0.05) is 172 Å². The molecule has 8 aromatic carbocycles. The molecule has 476 valence electrons. The Hall–Kier alpha value is -11.0. The number of hydrogen-bond acceptors (Lipinski definition) is 14. The van der Waals surface area contributed by atoms with Crippen LogP contribution in [0.5, 0.6) is 0 Å². The van der Waals surface area contributed by atoms with Crippen molar-refractivity contribution in [3.63, 3.8) is 0 Å². The Morgan fingerprint density at radius 3 is 1.60 bits per heavy atom. The van der Waals surface area contributed by atoms with Crippen LogP contribution in [0.2, 0.25) is 0 Å². The number of aromatic nitrogens is 12. The Balaban J connectivity index is 0.000000192. The molecule has 0 aliphatic heterocycles. The number of aromatic amines is 2. The Kier molecular flexibility index (Phi) is 20.9. The van der Waals surface area contributed by atoms with Crippen molar-refractivity contribution >= 4 is 45.4 Å². The summed E-state index contributed by atoms with van der Waals surface area (Å²) in [6, 6.07) is 59.4. The third kappa shape index (κ3) is 15.5. The Bertz CT molecular complexity index is 4550. The number of fused-ring (bicyclic) bond motifs is 2. The zero-order chi connectivity index (χ0) is 65.5. The Morgan fingerprint density at radius 2 is 1.06 bits per heavy atom. The van der Waals surface area contributed by atoms with E-state index >= 15 is 0 Å². The first-order valence-electron chi connectivity index (χ1n) is 31.7. The summed E-state index contributed by atoms with van der Waals surface area (Å²) in [5, 5.41) is 50.7. The molecule has 12 aromatic rings. The molecule has 20 nitrogen and oxygen atoms in total. The number of aliphatic hydroxyl groups is 1. The Morgan fingerprint density at radius 1 is 0.543 bits per heavy atom. The van der Waals surface area contributed by atoms with Crippen molar-refractivity contribution in [1.29, 1.82) is 0 Å². The van der Waals surface area contributed by atoms with Crippen LogP contribution in [0.4, 0.5) is 0 Å². The average Bonchev–Trinajstić information content (AvgIpc) is 1.62. The number of tetrazole rings is 2. The van der Waals surface area contributed by atoms with Crippen LogP contribution in [-0.2, 0) is 48.4 Å². The minimum absolute atomic E-state index is 0.0232. The van der Waals surface area contributed by atoms with Gasteiger partial charge in [0.25, 0.3) is 5.91 Å². The number of hydrogen-bond donors (Lipinski definition) is 6. The van der Waals surface area contributed by atoms with Gasteiger partial charge in [-0.05, 0) is 136 Å². The van der Waals surface area contributed by atoms with Crippen molar-refractivity contribution in [3.05, 3.63) is 238 Å². The molecular weight excluding hydrogens is 1180 g/mol. The molecule has 0 unspecified atom stereocenters. The first-order valence-corrected chi connectivity index (χ1v) is 31.7. The predicted molar refractivity (Wildman–Crippen MR) is 360 cm³/mol. The van der Waals surface area contributed by atoms with Crippen LogP contribution in [0.15, 0.2) is 182 Å². The number of aryl methyl sites for hydroxylation is 4. The first kappa shape index (κ1) is 64.6. The second-order valence-electron chi connectivity index (χ2n) is 23.7. The highest BCUT2D eigenvalue weighted by atomic mass is 16.5. The van der Waals surface area contributed by atoms with Crippen molar-refractivity contribution in [1.82, 2.24) is 71.1 Å². The molecule has 6 N–H and O–H groups in total. The van der Waals surface area contributed by atoms with Crippen LogP contribution in [-0.4, -0.2) is 107 Å². The molecule has 0 fully saturated rings. The number of imidazole rings is 2. The molecule has 4 aromatic heterocycles. The van der Waals surface area contributed by atoms with Crippen LogP contribution >= 0.6 is 0 Å². The lowest BCUT2D eigenvalue weighted by Gasteiger charge is -2.18. The first-order chi connectivity index (χ1) is 45.9. The fourth-order valence-electron chi connectivity index (χ4n) is 12.3. The van der Waals surface area contributed by atoms with Crippen LogP contribution in [0.1, 0.15) is 112 Å². The van der Waals surface area contributed by atoms with Gasteiger partial charge < -0.3 is 19.6 Å². The molecule has 0 aliphatic carbocycles. The highest BCUT2D eigenvalue weighted by Crippen LogP contribution is 2.34. The number of rotatable bonds is 26. The van der Waals surface area contributed by atoms with Crippen molar-refractivity contribution in [3.8, 4) is 45.0 Å². The van der Waals surface area contributed by atoms with Gasteiger partial charge in [-0.25, -0.2) is 15.4 Å². The zero-order valence-corrected chi connectivity index (χ0v) is 53.0. The number of nitrogens with one attached hydrogen (secondary N) is 4. The molecule has 0 bridgehead atoms. The number of hydroxylamine groups is 1. The van der Waals surface area contributed by atoms with Crippen LogP contribution < -0.4 is 10.8 Å². The van der Waals surface area contributed by atoms with Crippen molar-refractivity contribution in [2.24, 2.45) is 5.92 Å². The highest BCUT2D eigenvalue weighted by Gasteiger charge is 2.24. The lowest BCUT2D eigenvalue weighted by atomic mass is 9.88. The minimum Gasteiger partial charge on any atom is -0.389 e. The Labute approximate surface area is 543 Å². The number of aliphatic hydroxyl groups excluding tert-OH is 1. The van der Waals surface area contributed by atoms with E-state index in [1.807, 2.05) is 141 Å². The number of H-pyrrole nitrogens is 2. The van der Waals surface area contributed by atoms with Gasteiger partial charge in [-0.15, -0.1) is 20.4 Å². The number of nitrogens with zero attached hydrogens (tertiary/aromatic N) is 10. The normalized spacial score (nSPS) is 11.9. The largest absolute Gasteiger partial charge is 0.389 e. The van der Waals surface area contributed by atoms with Gasteiger partial charge in [-0.2, -0.15) is 10.4 Å². The lowest BCUT2D eigenvalue weighted by molar-refractivity contribution is -0.129. The van der Waals surface area contributed by atoms with Gasteiger partial charge in [0.05, 0.1) is 22.1 Å². The van der Waals surface area contributed by atoms with Crippen molar-refractivity contribution in [2.45, 2.75) is 105 Å². The standard InChI is InChI=1S/C38H38N6O3.C36H36N8O3/c1-3-9-36-39-34-22-30(35(47)21-28(20-31(46)24-45)19-26-10-5-4-6-11-26)18-25(2)37(34)44(36)23-27-14-16-29(17-15-27)32-12-7-8-13-33(32)38-40-42-43-41-38;1-3-9-32-38-34-23(2)18-27(36(46)37-28(21-33(45)41-47)19-24-10-5-4-6-11-24)20-31(34)44(32)22-25-14-16-26(17-15-25)29-12-7-8-13-30(29)35-39-42-43-40-35/h4-8,10-18,22,28,45H,3,9,19-21,23-24H2,1-2H3,(H,40,41,42,43);4-8,10-18,20,28,47H,3,9,19,21-22H2,1-2H3,(H,37,46)(H,41,45)(H,39,40,42,43)/t2*28-/m11/s1. The quantitative estimate of drug-likeness (QED) is 0.0167. The second kappa shape index (κ2) is 30.4. The molecule has 0 saturated carbocycles. The molecule has 2 amide bonds. The van der Waals surface area contributed by atoms with E-state index in [0.29, 0.717) is 48.7 Å². The van der Waals surface area contributed by atoms with E-state index in [9.17, 15) is 24.3 Å². The summed E-state index contributed by atoms with van der Waals surface area (Å²) in [7, 11) is 0. The second-order valence-corrected chi connectivity index (χ2v) is 23.7. The molecule has 0 radical (unpaired) electrons. The topological polar surface area (TPSA) is 277 Å². The van der Waals surface area contributed by atoms with Gasteiger partial charge in [0.15, 0.2) is 11.6 Å². The van der Waals surface area contributed by atoms with Crippen molar-refractivity contribution < 1.29 is 29.5 Å². The SMILES string of the molecule is CCCc1nc2c(C)cc(C(=O)N[C@@H](CC(=O)NO)Cc3ccccc3)cc2n1Cc1ccc(-c2ccccc2-c2nn[nH]n2)cc1.CCCc1nc2cc(C(=O)C[C@@H](CC(=O)CO)Cc3ccccc3)cc(C)c2n1Cc1ccc(-c2ccccc2-c2nn[nH]n2)cc1. The van der Waals surface area contributed by atoms with Crippen molar-refractivity contribution in [2.75, 3.05) is 6.61 Å². The number of carbonyl (C=O) groups is 4. The van der Waals surface area contributed by atoms with E-state index in [0.717, 1.165) is 126 Å². The molecule has 0 spiro atoms. The number of benzene rings is 8. The number of Topliss-reactive ketones (excluding diaryl/α,β-unsaturated/α-hetero) is 2. The molecule has 12 rings (SSSR count). The van der Waals surface area contributed by atoms with Gasteiger partial charge in [0, 0.05) is 73.5 Å². The van der Waals surface area contributed by atoms with E-state index in [1.165, 1.54) is 0 Å². The maximum atomic E-state index is 13.6. The van der Waals surface area contributed by atoms with Crippen LogP contribution in [0.3, 0.4) is 0 Å². The van der Waals surface area contributed by atoms with Gasteiger partial charge in [-0.3, -0.25) is 24.4 Å². The molecular formula is C74H74N14O6. The molecule has 20 heteroatoms. The summed E-state index contributed by atoms with van der Waals surface area (Å²) in [6.45, 7) is 8.97. The van der Waals surface area contributed by atoms with Gasteiger partial charge in [0.1, 0.15) is 18.3 Å². The molecule has 94 heavy (non-hydrogen) atoms. The third-order valence-electron chi connectivity index (χ3n) is 16.8. The monoisotopic (exact) mass is 1250 g/mol. The van der Waals surface area contributed by atoms with Gasteiger partial charge in [0.2, 0.25) is 17.6 Å². The maximum Gasteiger partial charge on any atom is 0.251 e. The zero-order valence-electron chi connectivity index (χ0n) is 53.0. The van der Waals surface area contributed by atoms with E-state index < -0.39 is 18.6 Å². The minimum atomic E-state index is -0.565. The smallest absolute Gasteiger partial charge is 0.251 e. The number of ketones is 2. The summed E-state index contributed by atoms with van der Waals surface area (Å²) in [4.78, 5) is 61.6. The maximum absolute atomic E-state index is 13.6. The average molecular weight is 1260 g/mol. The molecule has 4 heterocycles. The highest BCUT2D eigenvalue weighted by molar-refractivity contribution is 6.01.